The van der Waals surface area contributed by atoms with Crippen molar-refractivity contribution >= 4 is 11.3 Å². The summed E-state index contributed by atoms with van der Waals surface area (Å²) >= 11 is 1.79. The van der Waals surface area contributed by atoms with E-state index in [0.29, 0.717) is 5.41 Å². The quantitative estimate of drug-likeness (QED) is 0.872. The van der Waals surface area contributed by atoms with E-state index in [1.165, 1.54) is 24.3 Å². The third-order valence-electron chi connectivity index (χ3n) is 3.72. The van der Waals surface area contributed by atoms with Crippen LogP contribution in [0, 0.1) is 12.3 Å². The molecule has 2 aliphatic rings. The lowest BCUT2D eigenvalue weighted by molar-refractivity contribution is 0.149. The van der Waals surface area contributed by atoms with Crippen molar-refractivity contribution in [2.45, 2.75) is 38.6 Å². The maximum atomic E-state index is 5.63. The Morgan fingerprint density at radius 2 is 2.47 bits per heavy atom. The van der Waals surface area contributed by atoms with Crippen LogP contribution in [-0.4, -0.2) is 30.8 Å². The first kappa shape index (κ1) is 11.6. The first-order valence-corrected chi connectivity index (χ1v) is 7.36. The number of thiazole rings is 1. The normalized spacial score (nSPS) is 28.8. The second-order valence-electron chi connectivity index (χ2n) is 5.52. The largest absolute Gasteiger partial charge is 0.381 e. The van der Waals surface area contributed by atoms with Crippen molar-refractivity contribution in [1.82, 2.24) is 10.3 Å². The van der Waals surface area contributed by atoms with Crippen LogP contribution in [0.25, 0.3) is 0 Å². The van der Waals surface area contributed by atoms with Gasteiger partial charge in [-0.2, -0.15) is 0 Å². The molecular formula is C13H20N2OS. The average molecular weight is 252 g/mol. The second kappa shape index (κ2) is 4.67. The Hall–Kier alpha value is -0.450. The number of nitrogens with zero attached hydrogens (tertiary/aromatic N) is 1. The highest BCUT2D eigenvalue weighted by atomic mass is 32.1. The van der Waals surface area contributed by atoms with Gasteiger partial charge in [0, 0.05) is 42.1 Å². The zero-order chi connectivity index (χ0) is 11.7. The molecule has 1 aromatic rings. The first-order valence-electron chi connectivity index (χ1n) is 6.48. The molecule has 1 saturated carbocycles. The SMILES string of the molecule is Cc1csc(CC2(CNC3CC3)CCOC2)n1. The van der Waals surface area contributed by atoms with Gasteiger partial charge in [0.2, 0.25) is 0 Å². The van der Waals surface area contributed by atoms with Crippen LogP contribution < -0.4 is 5.32 Å². The zero-order valence-electron chi connectivity index (χ0n) is 10.4. The monoisotopic (exact) mass is 252 g/mol. The zero-order valence-corrected chi connectivity index (χ0v) is 11.2. The maximum absolute atomic E-state index is 5.63. The van der Waals surface area contributed by atoms with E-state index in [1.54, 1.807) is 11.3 Å². The molecule has 1 aliphatic carbocycles. The highest BCUT2D eigenvalue weighted by Gasteiger charge is 2.37. The molecule has 1 saturated heterocycles. The van der Waals surface area contributed by atoms with Crippen LogP contribution in [-0.2, 0) is 11.2 Å². The lowest BCUT2D eigenvalue weighted by atomic mass is 9.84. The average Bonchev–Trinajstić information content (AvgIpc) is 2.90. The molecule has 2 fully saturated rings. The molecule has 0 amide bonds. The van der Waals surface area contributed by atoms with Crippen LogP contribution in [0.15, 0.2) is 5.38 Å². The third-order valence-corrected chi connectivity index (χ3v) is 4.69. The van der Waals surface area contributed by atoms with Gasteiger partial charge in [0.05, 0.1) is 11.6 Å². The first-order chi connectivity index (χ1) is 8.26. The number of hydrogen-bond donors (Lipinski definition) is 1. The molecule has 0 radical (unpaired) electrons. The molecule has 4 heteroatoms. The third kappa shape index (κ3) is 2.87. The summed E-state index contributed by atoms with van der Waals surface area (Å²) in [4.78, 5) is 4.60. The molecule has 1 atom stereocenters. The van der Waals surface area contributed by atoms with Crippen LogP contribution >= 0.6 is 11.3 Å². The van der Waals surface area contributed by atoms with Crippen LogP contribution in [0.3, 0.4) is 0 Å². The van der Waals surface area contributed by atoms with Crippen LogP contribution in [0.2, 0.25) is 0 Å². The molecule has 1 unspecified atom stereocenters. The maximum Gasteiger partial charge on any atom is 0.0935 e. The fourth-order valence-electron chi connectivity index (χ4n) is 2.44. The van der Waals surface area contributed by atoms with Crippen LogP contribution in [0.1, 0.15) is 30.0 Å². The summed E-state index contributed by atoms with van der Waals surface area (Å²) in [5.74, 6) is 0. The van der Waals surface area contributed by atoms with Gasteiger partial charge in [0.1, 0.15) is 0 Å². The minimum absolute atomic E-state index is 0.298. The Morgan fingerprint density at radius 3 is 3.06 bits per heavy atom. The van der Waals surface area contributed by atoms with Gasteiger partial charge in [-0.25, -0.2) is 4.98 Å². The van der Waals surface area contributed by atoms with E-state index in [1.807, 2.05) is 0 Å². The van der Waals surface area contributed by atoms with Crippen LogP contribution in [0.5, 0.6) is 0 Å². The molecule has 1 N–H and O–H groups in total. The minimum Gasteiger partial charge on any atom is -0.381 e. The topological polar surface area (TPSA) is 34.1 Å². The summed E-state index contributed by atoms with van der Waals surface area (Å²) in [6.07, 6.45) is 4.96. The highest BCUT2D eigenvalue weighted by molar-refractivity contribution is 7.09. The smallest absolute Gasteiger partial charge is 0.0935 e. The van der Waals surface area contributed by atoms with Crippen molar-refractivity contribution in [3.8, 4) is 0 Å². The van der Waals surface area contributed by atoms with Gasteiger partial charge in [0.25, 0.3) is 0 Å². The molecule has 0 aromatic carbocycles. The van der Waals surface area contributed by atoms with E-state index in [2.05, 4.69) is 22.6 Å². The molecule has 17 heavy (non-hydrogen) atoms. The summed E-state index contributed by atoms with van der Waals surface area (Å²) < 4.78 is 5.63. The summed E-state index contributed by atoms with van der Waals surface area (Å²) in [7, 11) is 0. The van der Waals surface area contributed by atoms with E-state index >= 15 is 0 Å². The summed E-state index contributed by atoms with van der Waals surface area (Å²) in [6.45, 7) is 4.97. The Bertz CT molecular complexity index is 381. The molecule has 3 nitrogen and oxygen atoms in total. The predicted molar refractivity (Wildman–Crippen MR) is 69.4 cm³/mol. The Morgan fingerprint density at radius 1 is 1.59 bits per heavy atom. The van der Waals surface area contributed by atoms with Gasteiger partial charge in [0.15, 0.2) is 0 Å². The summed E-state index contributed by atoms with van der Waals surface area (Å²) in [6, 6.07) is 0.783. The Balaban J connectivity index is 1.65. The van der Waals surface area contributed by atoms with Crippen molar-refractivity contribution in [3.05, 3.63) is 16.1 Å². The molecular weight excluding hydrogens is 232 g/mol. The van der Waals surface area contributed by atoms with E-state index < -0.39 is 0 Å². The van der Waals surface area contributed by atoms with E-state index in [9.17, 15) is 0 Å². The molecule has 0 bridgehead atoms. The number of hydrogen-bond acceptors (Lipinski definition) is 4. The number of aromatic nitrogens is 1. The fraction of sp³-hybridized carbons (Fsp3) is 0.769. The second-order valence-corrected chi connectivity index (χ2v) is 6.46. The van der Waals surface area contributed by atoms with Crippen molar-refractivity contribution in [1.29, 1.82) is 0 Å². The van der Waals surface area contributed by atoms with Crippen molar-refractivity contribution in [2.24, 2.45) is 5.41 Å². The fourth-order valence-corrected chi connectivity index (χ4v) is 3.39. The number of ether oxygens (including phenoxy) is 1. The van der Waals surface area contributed by atoms with Gasteiger partial charge in [-0.1, -0.05) is 0 Å². The van der Waals surface area contributed by atoms with Gasteiger partial charge in [-0.15, -0.1) is 11.3 Å². The molecule has 1 aromatic heterocycles. The standard InChI is InChI=1S/C13H20N2OS/c1-10-7-17-12(15-10)6-13(4-5-16-9-13)8-14-11-2-3-11/h7,11,14H,2-6,8-9H2,1H3. The summed E-state index contributed by atoms with van der Waals surface area (Å²) in [5.41, 5.74) is 1.45. The number of aryl methyl sites for hydroxylation is 1. The van der Waals surface area contributed by atoms with E-state index in [4.69, 9.17) is 4.74 Å². The Labute approximate surface area is 107 Å². The minimum atomic E-state index is 0.298. The van der Waals surface area contributed by atoms with E-state index in [0.717, 1.165) is 37.9 Å². The number of nitrogens with one attached hydrogen (secondary N) is 1. The molecule has 3 rings (SSSR count). The lowest BCUT2D eigenvalue weighted by Crippen LogP contribution is -2.37. The lowest BCUT2D eigenvalue weighted by Gasteiger charge is -2.26. The Kier molecular flexibility index (Phi) is 3.19. The molecule has 2 heterocycles. The van der Waals surface area contributed by atoms with Crippen LogP contribution in [0.4, 0.5) is 0 Å². The highest BCUT2D eigenvalue weighted by Crippen LogP contribution is 2.34. The van der Waals surface area contributed by atoms with Gasteiger partial charge >= 0.3 is 0 Å². The van der Waals surface area contributed by atoms with Crippen molar-refractivity contribution < 1.29 is 4.74 Å². The van der Waals surface area contributed by atoms with Crippen molar-refractivity contribution in [2.75, 3.05) is 19.8 Å². The molecule has 0 spiro atoms. The predicted octanol–water partition coefficient (Wildman–Crippen LogP) is 2.15. The molecule has 94 valence electrons. The van der Waals surface area contributed by atoms with Gasteiger partial charge in [-0.3, -0.25) is 0 Å². The van der Waals surface area contributed by atoms with E-state index in [-0.39, 0.29) is 0 Å². The number of rotatable bonds is 5. The van der Waals surface area contributed by atoms with Crippen molar-refractivity contribution in [3.63, 3.8) is 0 Å². The molecule has 1 aliphatic heterocycles. The van der Waals surface area contributed by atoms with Gasteiger partial charge in [-0.05, 0) is 26.2 Å². The van der Waals surface area contributed by atoms with Gasteiger partial charge < -0.3 is 10.1 Å². The summed E-state index contributed by atoms with van der Waals surface area (Å²) in [5, 5.41) is 7.08.